The lowest BCUT2D eigenvalue weighted by Crippen LogP contribution is -2.19. The second-order valence-electron chi connectivity index (χ2n) is 7.69. The van der Waals surface area contributed by atoms with Gasteiger partial charge in [0.1, 0.15) is 17.2 Å². The van der Waals surface area contributed by atoms with Gasteiger partial charge in [0.15, 0.2) is 5.69 Å². The van der Waals surface area contributed by atoms with E-state index in [1.165, 1.54) is 48.7 Å². The van der Waals surface area contributed by atoms with Gasteiger partial charge in [-0.25, -0.2) is 10.1 Å². The topological polar surface area (TPSA) is 237 Å². The van der Waals surface area contributed by atoms with Crippen molar-refractivity contribution in [2.45, 2.75) is 0 Å². The molecule has 5 rings (SSSR count). The fraction of sp³-hybridized carbons (Fsp3) is 0. The zero-order chi connectivity index (χ0) is 27.5. The van der Waals surface area contributed by atoms with E-state index < -0.39 is 15.8 Å². The number of hydrazone groups is 1. The van der Waals surface area contributed by atoms with E-state index in [0.29, 0.717) is 11.3 Å². The Hall–Kier alpha value is -6.26. The molecule has 39 heavy (non-hydrogen) atoms. The number of nitrogens with zero attached hydrogens (tertiary/aromatic N) is 8. The third-order valence-electron chi connectivity index (χ3n) is 5.24. The summed E-state index contributed by atoms with van der Waals surface area (Å²) in [6.45, 7) is 0. The van der Waals surface area contributed by atoms with Gasteiger partial charge in [-0.05, 0) is 22.4 Å². The summed E-state index contributed by atoms with van der Waals surface area (Å²) in [5.74, 6) is -0.480. The average molecular weight is 530 g/mol. The van der Waals surface area contributed by atoms with Gasteiger partial charge in [-0.2, -0.15) is 9.78 Å². The Morgan fingerprint density at radius 3 is 2.36 bits per heavy atom. The highest BCUT2D eigenvalue weighted by molar-refractivity contribution is 5.99. The zero-order valence-electron chi connectivity index (χ0n) is 19.4. The van der Waals surface area contributed by atoms with Crippen molar-refractivity contribution in [1.82, 2.24) is 30.7 Å². The van der Waals surface area contributed by atoms with Crippen molar-refractivity contribution in [2.75, 3.05) is 5.73 Å². The lowest BCUT2D eigenvalue weighted by molar-refractivity contribution is -0.385. The van der Waals surface area contributed by atoms with Crippen molar-refractivity contribution in [3.63, 3.8) is 0 Å². The molecule has 0 bridgehead atoms. The summed E-state index contributed by atoms with van der Waals surface area (Å²) < 4.78 is 11.3. The van der Waals surface area contributed by atoms with Crippen LogP contribution in [-0.2, 0) is 0 Å². The van der Waals surface area contributed by atoms with Gasteiger partial charge in [0, 0.05) is 35.4 Å². The molecular formula is C22H14N10O7. The SMILES string of the molecule is Nc1nonc1-n1nnc(C(=O)N/N=C\c2ccc(-c3cccc([N+](=O)[O-])c3)o2)c1-c1cccc([N+](=O)[O-])c1. The summed E-state index contributed by atoms with van der Waals surface area (Å²) in [5, 5.41) is 41.1. The molecule has 0 aliphatic carbocycles. The molecule has 2 aromatic carbocycles. The number of furan rings is 1. The quantitative estimate of drug-likeness (QED) is 0.167. The van der Waals surface area contributed by atoms with Crippen molar-refractivity contribution in [1.29, 1.82) is 0 Å². The first-order valence-electron chi connectivity index (χ1n) is 10.8. The Bertz CT molecular complexity index is 1750. The summed E-state index contributed by atoms with van der Waals surface area (Å²) in [4.78, 5) is 34.2. The number of nitro benzene ring substituents is 2. The number of nitrogens with one attached hydrogen (secondary N) is 1. The Labute approximate surface area is 215 Å². The molecular weight excluding hydrogens is 516 g/mol. The fourth-order valence-electron chi connectivity index (χ4n) is 3.50. The first kappa shape index (κ1) is 24.4. The largest absolute Gasteiger partial charge is 0.455 e. The number of carbonyl (C=O) groups excluding carboxylic acids is 1. The van der Waals surface area contributed by atoms with Crippen molar-refractivity contribution in [3.8, 4) is 28.4 Å². The van der Waals surface area contributed by atoms with Crippen LogP contribution in [0.2, 0.25) is 0 Å². The first-order chi connectivity index (χ1) is 18.8. The van der Waals surface area contributed by atoms with Gasteiger partial charge < -0.3 is 10.2 Å². The first-order valence-corrected chi connectivity index (χ1v) is 10.8. The lowest BCUT2D eigenvalue weighted by atomic mass is 10.1. The van der Waals surface area contributed by atoms with Crippen LogP contribution in [0.25, 0.3) is 28.4 Å². The average Bonchev–Trinajstić information content (AvgIpc) is 3.68. The zero-order valence-corrected chi connectivity index (χ0v) is 19.4. The van der Waals surface area contributed by atoms with Gasteiger partial charge >= 0.3 is 0 Å². The maximum absolute atomic E-state index is 13.0. The van der Waals surface area contributed by atoms with E-state index in [-0.39, 0.29) is 45.7 Å². The van der Waals surface area contributed by atoms with Crippen molar-refractivity contribution in [3.05, 3.63) is 92.3 Å². The molecule has 194 valence electrons. The standard InChI is InChI=1S/C22H14N10O7/c23-20-21(28-39-27-20)30-19(13-4-2-6-15(10-13)32(36)37)18(25-29-30)22(33)26-24-11-16-7-8-17(38-16)12-3-1-5-14(9-12)31(34)35/h1-11H,(H2,23,27)(H,26,33)/b24-11-. The molecule has 0 fully saturated rings. The molecule has 0 saturated carbocycles. The van der Waals surface area contributed by atoms with E-state index in [2.05, 4.69) is 35.8 Å². The molecule has 17 heteroatoms. The third kappa shape index (κ3) is 4.89. The van der Waals surface area contributed by atoms with Crippen molar-refractivity contribution < 1.29 is 23.7 Å². The van der Waals surface area contributed by atoms with Gasteiger partial charge in [0.25, 0.3) is 17.3 Å². The number of aromatic nitrogens is 5. The molecule has 0 radical (unpaired) electrons. The smallest absolute Gasteiger partial charge is 0.294 e. The van der Waals surface area contributed by atoms with E-state index in [1.807, 2.05) is 0 Å². The predicted octanol–water partition coefficient (Wildman–Crippen LogP) is 2.74. The monoisotopic (exact) mass is 530 g/mol. The summed E-state index contributed by atoms with van der Waals surface area (Å²) >= 11 is 0. The number of anilines is 1. The Kier molecular flexibility index (Phi) is 6.27. The van der Waals surface area contributed by atoms with Crippen LogP contribution in [0.15, 0.2) is 74.8 Å². The van der Waals surface area contributed by atoms with Gasteiger partial charge in [-0.1, -0.05) is 29.5 Å². The number of carbonyl (C=O) groups is 1. The summed E-state index contributed by atoms with van der Waals surface area (Å²) in [6, 6.07) is 14.4. The Morgan fingerprint density at radius 2 is 1.69 bits per heavy atom. The van der Waals surface area contributed by atoms with Crippen LogP contribution < -0.4 is 11.2 Å². The van der Waals surface area contributed by atoms with E-state index in [4.69, 9.17) is 10.2 Å². The number of hydrogen-bond donors (Lipinski definition) is 2. The highest BCUT2D eigenvalue weighted by atomic mass is 16.6. The van der Waals surface area contributed by atoms with E-state index in [9.17, 15) is 25.0 Å². The van der Waals surface area contributed by atoms with E-state index >= 15 is 0 Å². The number of benzene rings is 2. The maximum atomic E-state index is 13.0. The highest BCUT2D eigenvalue weighted by Crippen LogP contribution is 2.29. The number of nitro groups is 2. The molecule has 1 amide bonds. The van der Waals surface area contributed by atoms with E-state index in [1.54, 1.807) is 18.2 Å². The van der Waals surface area contributed by atoms with Crippen LogP contribution in [-0.4, -0.2) is 47.3 Å². The number of amides is 1. The van der Waals surface area contributed by atoms with Crippen molar-refractivity contribution in [2.24, 2.45) is 5.10 Å². The Morgan fingerprint density at radius 1 is 1.00 bits per heavy atom. The van der Waals surface area contributed by atoms with Gasteiger partial charge in [-0.15, -0.1) is 5.10 Å². The normalized spacial score (nSPS) is 11.1. The third-order valence-corrected chi connectivity index (χ3v) is 5.24. The summed E-state index contributed by atoms with van der Waals surface area (Å²) in [7, 11) is 0. The molecule has 0 unspecified atom stereocenters. The van der Waals surface area contributed by atoms with E-state index in [0.717, 1.165) is 4.68 Å². The molecule has 3 N–H and O–H groups in total. The van der Waals surface area contributed by atoms with Crippen LogP contribution >= 0.6 is 0 Å². The molecule has 0 spiro atoms. The second-order valence-corrected chi connectivity index (χ2v) is 7.69. The van der Waals surface area contributed by atoms with Crippen LogP contribution in [0.3, 0.4) is 0 Å². The summed E-state index contributed by atoms with van der Waals surface area (Å²) in [6.07, 6.45) is 1.20. The fourth-order valence-corrected chi connectivity index (χ4v) is 3.50. The molecule has 3 heterocycles. The van der Waals surface area contributed by atoms with Gasteiger partial charge in [-0.3, -0.25) is 25.0 Å². The predicted molar refractivity (Wildman–Crippen MR) is 132 cm³/mol. The minimum atomic E-state index is -0.820. The molecule has 0 aliphatic heterocycles. The van der Waals surface area contributed by atoms with Crippen LogP contribution in [0.5, 0.6) is 0 Å². The highest BCUT2D eigenvalue weighted by Gasteiger charge is 2.26. The lowest BCUT2D eigenvalue weighted by Gasteiger charge is -2.05. The Balaban J connectivity index is 1.41. The van der Waals surface area contributed by atoms with Gasteiger partial charge in [0.2, 0.25) is 11.6 Å². The number of rotatable bonds is 8. The molecule has 0 saturated heterocycles. The number of nitrogen functional groups attached to an aromatic ring is 1. The number of non-ortho nitro benzene ring substituents is 2. The van der Waals surface area contributed by atoms with Crippen LogP contribution in [0.4, 0.5) is 17.2 Å². The minimum absolute atomic E-state index is 0.0137. The van der Waals surface area contributed by atoms with Gasteiger partial charge in [0.05, 0.1) is 16.1 Å². The maximum Gasteiger partial charge on any atom is 0.294 e. The van der Waals surface area contributed by atoms with Crippen molar-refractivity contribution >= 4 is 29.3 Å². The number of hydrogen-bond acceptors (Lipinski definition) is 13. The molecule has 5 aromatic rings. The molecule has 17 nitrogen and oxygen atoms in total. The number of nitrogens with two attached hydrogens (primary N) is 1. The molecule has 0 aliphatic rings. The molecule has 3 aromatic heterocycles. The second kappa shape index (κ2) is 10.0. The minimum Gasteiger partial charge on any atom is -0.455 e. The van der Waals surface area contributed by atoms with Crippen LogP contribution in [0.1, 0.15) is 16.2 Å². The van der Waals surface area contributed by atoms with Crippen LogP contribution in [0, 0.1) is 20.2 Å². The summed E-state index contributed by atoms with van der Waals surface area (Å²) in [5.41, 5.74) is 8.15. The molecule has 0 atom stereocenters.